The van der Waals surface area contributed by atoms with Crippen molar-refractivity contribution >= 4 is 52.0 Å². The average Bonchev–Trinajstić information content (AvgIpc) is 3.47. The Morgan fingerprint density at radius 1 is 0.615 bits per heavy atom. The number of hydrogen-bond acceptors (Lipinski definition) is 4. The summed E-state index contributed by atoms with van der Waals surface area (Å²) in [6.07, 6.45) is 15.2. The summed E-state index contributed by atoms with van der Waals surface area (Å²) in [6, 6.07) is 34.4. The van der Waals surface area contributed by atoms with Gasteiger partial charge in [-0.05, 0) is 117 Å². The van der Waals surface area contributed by atoms with Crippen LogP contribution in [0.5, 0.6) is 0 Å². The minimum Gasteiger partial charge on any atom is -0.423 e. The first-order valence-corrected chi connectivity index (χ1v) is 19.0. The van der Waals surface area contributed by atoms with E-state index in [4.69, 9.17) is 23.2 Å². The van der Waals surface area contributed by atoms with Gasteiger partial charge in [0.1, 0.15) is 0 Å². The Morgan fingerprint density at radius 3 is 1.56 bits per heavy atom. The fraction of sp³-hybridized carbons (Fsp3) is 0.318. The third-order valence-corrected chi connectivity index (χ3v) is 11.5. The summed E-state index contributed by atoms with van der Waals surface area (Å²) in [4.78, 5) is 11.8. The van der Waals surface area contributed by atoms with Gasteiger partial charge >= 0.3 is 7.12 Å². The van der Waals surface area contributed by atoms with Crippen LogP contribution in [0.2, 0.25) is 0 Å². The lowest BCUT2D eigenvalue weighted by Crippen LogP contribution is -2.36. The Labute approximate surface area is 318 Å². The molecule has 4 aromatic rings. The number of fused-ring (bicyclic) bond motifs is 4. The quantitative estimate of drug-likeness (QED) is 0.161. The van der Waals surface area contributed by atoms with Crippen molar-refractivity contribution in [2.45, 2.75) is 75.5 Å². The molecule has 0 amide bonds. The van der Waals surface area contributed by atoms with Gasteiger partial charge in [-0.15, -0.1) is 0 Å². The summed E-state index contributed by atoms with van der Waals surface area (Å²) < 4.78 is 1.17. The Bertz CT molecular complexity index is 1980. The van der Waals surface area contributed by atoms with Gasteiger partial charge in [0.2, 0.25) is 0 Å². The van der Waals surface area contributed by atoms with Crippen molar-refractivity contribution in [3.63, 3.8) is 0 Å². The number of benzene rings is 4. The molecule has 4 atom stereocenters. The lowest BCUT2D eigenvalue weighted by Gasteiger charge is -2.32. The molecule has 6 nitrogen and oxygen atoms in total. The molecule has 4 heterocycles. The van der Waals surface area contributed by atoms with Crippen LogP contribution in [0.25, 0.3) is 33.0 Å². The highest BCUT2D eigenvalue weighted by molar-refractivity contribution is 9.10. The van der Waals surface area contributed by atoms with Crippen LogP contribution in [0.1, 0.15) is 62.5 Å². The summed E-state index contributed by atoms with van der Waals surface area (Å²) in [5, 5.41) is 17.4. The molecule has 4 aliphatic rings. The van der Waals surface area contributed by atoms with Crippen LogP contribution in [-0.4, -0.2) is 65.2 Å². The highest BCUT2D eigenvalue weighted by atomic mass is 79.9. The SMILES string of the molecule is CN1C2CCC1CC(=Cc1cccc(Br)c1)C2.[C-]#[N+]c1cccc(-c2cccc(C=C3CC4CCC(C3)N4C)c2)c1.[C-]#[N+]c1cccc(B(O)O)c1. The summed E-state index contributed by atoms with van der Waals surface area (Å²) >= 11 is 3.54. The summed E-state index contributed by atoms with van der Waals surface area (Å²) in [5.41, 5.74) is 9.59. The zero-order chi connectivity index (χ0) is 36.6. The number of piperidine rings is 2. The van der Waals surface area contributed by atoms with Gasteiger partial charge in [-0.3, -0.25) is 9.80 Å². The molecule has 4 bridgehead atoms. The van der Waals surface area contributed by atoms with E-state index in [1.807, 2.05) is 18.2 Å². The predicted molar refractivity (Wildman–Crippen MR) is 218 cm³/mol. The van der Waals surface area contributed by atoms with E-state index in [2.05, 4.69) is 116 Å². The Kier molecular flexibility index (Phi) is 12.6. The fourth-order valence-corrected chi connectivity index (χ4v) is 8.58. The molecule has 52 heavy (non-hydrogen) atoms. The molecule has 4 aromatic carbocycles. The molecule has 0 spiro atoms. The van der Waals surface area contributed by atoms with Gasteiger partial charge in [-0.25, -0.2) is 9.69 Å². The van der Waals surface area contributed by atoms with Crippen LogP contribution in [0.15, 0.2) is 113 Å². The third kappa shape index (κ3) is 9.58. The van der Waals surface area contributed by atoms with E-state index >= 15 is 0 Å². The summed E-state index contributed by atoms with van der Waals surface area (Å²) in [6.45, 7) is 13.8. The number of halogens is 1. The second kappa shape index (κ2) is 17.5. The molecule has 264 valence electrons. The molecule has 4 aliphatic heterocycles. The van der Waals surface area contributed by atoms with Gasteiger partial charge in [0.15, 0.2) is 11.4 Å². The zero-order valence-electron chi connectivity index (χ0n) is 30.0. The molecule has 4 fully saturated rings. The Hall–Kier alpha value is -4.28. The van der Waals surface area contributed by atoms with E-state index in [-0.39, 0.29) is 0 Å². The standard InChI is InChI=1S/C22H22N2.C15H18BrN.C7H6BNO2/c1-23-20-8-4-7-19(15-20)18-6-3-5-16(12-18)11-17-13-21-9-10-22(14-17)24(21)2;1-17-14-5-6-15(17)10-12(9-14)7-11-3-2-4-13(16)8-11;1-9-7-4-2-3-6(5-7)8(10)11/h3-8,11-12,15,21-22H,9-10,13-14H2,2H3;2-4,7-8,14-15H,5-6,9-10H2,1H3;2-5,10-11H. The zero-order valence-corrected chi connectivity index (χ0v) is 31.6. The number of hydrogen-bond donors (Lipinski definition) is 2. The van der Waals surface area contributed by atoms with Gasteiger partial charge in [0.25, 0.3) is 0 Å². The molecular weight excluding hydrogens is 707 g/mol. The first-order valence-electron chi connectivity index (χ1n) is 18.2. The second-order valence-electron chi connectivity index (χ2n) is 14.4. The molecule has 0 aromatic heterocycles. The topological polar surface area (TPSA) is 55.7 Å². The minimum absolute atomic E-state index is 0.346. The van der Waals surface area contributed by atoms with Crippen molar-refractivity contribution in [2.24, 2.45) is 0 Å². The lowest BCUT2D eigenvalue weighted by molar-refractivity contribution is 0.210. The third-order valence-electron chi connectivity index (χ3n) is 11.0. The molecule has 2 N–H and O–H groups in total. The van der Waals surface area contributed by atoms with Crippen LogP contribution in [-0.2, 0) is 0 Å². The first-order chi connectivity index (χ1) is 25.2. The first kappa shape index (κ1) is 37.5. The molecule has 8 rings (SSSR count). The largest absolute Gasteiger partial charge is 0.487 e. The van der Waals surface area contributed by atoms with E-state index < -0.39 is 7.12 Å². The van der Waals surface area contributed by atoms with E-state index in [1.54, 1.807) is 29.3 Å². The molecule has 4 unspecified atom stereocenters. The maximum Gasteiger partial charge on any atom is 0.487 e. The molecule has 0 aliphatic carbocycles. The van der Waals surface area contributed by atoms with Gasteiger partial charge in [-0.2, -0.15) is 0 Å². The molecule has 4 saturated heterocycles. The molecule has 8 heteroatoms. The van der Waals surface area contributed by atoms with Gasteiger partial charge < -0.3 is 10.0 Å². The number of rotatable bonds is 4. The monoisotopic (exact) mass is 752 g/mol. The van der Waals surface area contributed by atoms with Crippen LogP contribution >= 0.6 is 15.9 Å². The van der Waals surface area contributed by atoms with Gasteiger partial charge in [0.05, 0.1) is 13.1 Å². The fourth-order valence-electron chi connectivity index (χ4n) is 8.16. The Balaban J connectivity index is 0.000000145. The van der Waals surface area contributed by atoms with E-state index in [0.29, 0.717) is 16.8 Å². The normalized spacial score (nSPS) is 21.8. The minimum atomic E-state index is -1.49. The van der Waals surface area contributed by atoms with Crippen LogP contribution in [0, 0.1) is 13.1 Å². The van der Waals surface area contributed by atoms with Crippen LogP contribution in [0.4, 0.5) is 11.4 Å². The summed E-state index contributed by atoms with van der Waals surface area (Å²) in [5.74, 6) is 0. The van der Waals surface area contributed by atoms with Crippen molar-refractivity contribution < 1.29 is 10.0 Å². The maximum absolute atomic E-state index is 8.70. The average molecular weight is 754 g/mol. The molecule has 0 radical (unpaired) electrons. The van der Waals surface area contributed by atoms with E-state index in [1.165, 1.54) is 78.6 Å². The van der Waals surface area contributed by atoms with E-state index in [9.17, 15) is 0 Å². The van der Waals surface area contributed by atoms with Gasteiger partial charge in [0, 0.05) is 28.6 Å². The highest BCUT2D eigenvalue weighted by Gasteiger charge is 2.36. The summed E-state index contributed by atoms with van der Waals surface area (Å²) in [7, 11) is 3.08. The van der Waals surface area contributed by atoms with Crippen LogP contribution in [0.3, 0.4) is 0 Å². The van der Waals surface area contributed by atoms with Crippen LogP contribution < -0.4 is 5.46 Å². The van der Waals surface area contributed by atoms with Crippen molar-refractivity contribution in [2.75, 3.05) is 14.1 Å². The second-order valence-corrected chi connectivity index (χ2v) is 15.4. The van der Waals surface area contributed by atoms with Crippen molar-refractivity contribution in [1.82, 2.24) is 9.80 Å². The van der Waals surface area contributed by atoms with Gasteiger partial charge in [-0.1, -0.05) is 112 Å². The smallest absolute Gasteiger partial charge is 0.423 e. The predicted octanol–water partition coefficient (Wildman–Crippen LogP) is 9.55. The molecular formula is C44H46BBrN4O2. The lowest BCUT2D eigenvalue weighted by atomic mass is 9.80. The highest BCUT2D eigenvalue weighted by Crippen LogP contribution is 2.39. The Morgan fingerprint density at radius 2 is 1.06 bits per heavy atom. The van der Waals surface area contributed by atoms with Crippen molar-refractivity contribution in [3.05, 3.63) is 147 Å². The number of nitrogens with zero attached hydrogens (tertiary/aromatic N) is 4. The van der Waals surface area contributed by atoms with Crippen molar-refractivity contribution in [1.29, 1.82) is 0 Å². The maximum atomic E-state index is 8.70. The van der Waals surface area contributed by atoms with Crippen molar-refractivity contribution in [3.8, 4) is 11.1 Å². The molecule has 0 saturated carbocycles. The van der Waals surface area contributed by atoms with E-state index in [0.717, 1.165) is 29.7 Å².